The summed E-state index contributed by atoms with van der Waals surface area (Å²) in [5.41, 5.74) is 0.174. The highest BCUT2D eigenvalue weighted by Crippen LogP contribution is 2.20. The number of aromatic nitrogens is 3. The van der Waals surface area contributed by atoms with E-state index in [9.17, 15) is 9.59 Å². The van der Waals surface area contributed by atoms with Crippen molar-refractivity contribution < 1.29 is 14.7 Å². The number of pyridine rings is 1. The average molecular weight is 316 g/mol. The third-order valence-electron chi connectivity index (χ3n) is 3.97. The van der Waals surface area contributed by atoms with Gasteiger partial charge in [0, 0.05) is 18.6 Å². The summed E-state index contributed by atoms with van der Waals surface area (Å²) in [5, 5.41) is 16.0. The van der Waals surface area contributed by atoms with Gasteiger partial charge in [0.05, 0.1) is 17.6 Å². The Hall–Kier alpha value is -2.70. The van der Waals surface area contributed by atoms with Crippen molar-refractivity contribution in [1.82, 2.24) is 20.1 Å². The van der Waals surface area contributed by atoms with Gasteiger partial charge >= 0.3 is 5.97 Å². The first kappa shape index (κ1) is 16.7. The summed E-state index contributed by atoms with van der Waals surface area (Å²) in [6.45, 7) is 3.72. The molecule has 0 aliphatic rings. The van der Waals surface area contributed by atoms with Crippen molar-refractivity contribution in [3.8, 4) is 5.69 Å². The first-order valence-electron chi connectivity index (χ1n) is 7.50. The van der Waals surface area contributed by atoms with Crippen molar-refractivity contribution in [3.63, 3.8) is 0 Å². The SMILES string of the molecule is CCC(CC)(CC(=O)O)NC(=O)c1cc(-n2cccn2)ccn1. The number of carbonyl (C=O) groups is 2. The Morgan fingerprint density at radius 2 is 2.04 bits per heavy atom. The molecule has 0 fully saturated rings. The molecular weight excluding hydrogens is 296 g/mol. The summed E-state index contributed by atoms with van der Waals surface area (Å²) in [6, 6.07) is 5.15. The number of aliphatic carboxylic acids is 1. The fraction of sp³-hybridized carbons (Fsp3) is 0.375. The van der Waals surface area contributed by atoms with Gasteiger partial charge in [0.2, 0.25) is 0 Å². The first-order chi connectivity index (χ1) is 11.0. The average Bonchev–Trinajstić information content (AvgIpc) is 3.08. The quantitative estimate of drug-likeness (QED) is 0.814. The zero-order valence-corrected chi connectivity index (χ0v) is 13.2. The van der Waals surface area contributed by atoms with Crippen LogP contribution in [-0.2, 0) is 4.79 Å². The van der Waals surface area contributed by atoms with E-state index in [0.717, 1.165) is 0 Å². The van der Waals surface area contributed by atoms with Crippen LogP contribution in [0, 0.1) is 0 Å². The summed E-state index contributed by atoms with van der Waals surface area (Å²) in [6.07, 6.45) is 5.88. The molecule has 0 bridgehead atoms. The van der Waals surface area contributed by atoms with Crippen LogP contribution in [0.3, 0.4) is 0 Å². The van der Waals surface area contributed by atoms with Crippen LogP contribution in [0.2, 0.25) is 0 Å². The molecule has 2 heterocycles. The highest BCUT2D eigenvalue weighted by atomic mass is 16.4. The van der Waals surface area contributed by atoms with Crippen LogP contribution in [0.25, 0.3) is 5.69 Å². The molecule has 7 heteroatoms. The zero-order valence-electron chi connectivity index (χ0n) is 13.2. The second-order valence-corrected chi connectivity index (χ2v) is 5.36. The minimum atomic E-state index is -0.938. The molecule has 0 saturated carbocycles. The van der Waals surface area contributed by atoms with Crippen molar-refractivity contribution in [2.45, 2.75) is 38.6 Å². The summed E-state index contributed by atoms with van der Waals surface area (Å²) in [5.74, 6) is -1.32. The molecule has 0 saturated heterocycles. The van der Waals surface area contributed by atoms with Gasteiger partial charge in [0.1, 0.15) is 5.69 Å². The highest BCUT2D eigenvalue weighted by Gasteiger charge is 2.31. The molecule has 0 unspecified atom stereocenters. The fourth-order valence-corrected chi connectivity index (χ4v) is 2.42. The normalized spacial score (nSPS) is 11.2. The highest BCUT2D eigenvalue weighted by molar-refractivity contribution is 5.93. The van der Waals surface area contributed by atoms with Crippen molar-refractivity contribution in [1.29, 1.82) is 0 Å². The lowest BCUT2D eigenvalue weighted by atomic mass is 9.89. The summed E-state index contributed by atoms with van der Waals surface area (Å²) in [4.78, 5) is 27.6. The van der Waals surface area contributed by atoms with Crippen molar-refractivity contribution in [3.05, 3.63) is 42.5 Å². The second kappa shape index (κ2) is 7.04. The molecule has 0 aliphatic heterocycles. The van der Waals surface area contributed by atoms with Gasteiger partial charge in [0.15, 0.2) is 0 Å². The lowest BCUT2D eigenvalue weighted by Gasteiger charge is -2.31. The van der Waals surface area contributed by atoms with E-state index in [0.29, 0.717) is 18.5 Å². The van der Waals surface area contributed by atoms with Gasteiger partial charge in [-0.15, -0.1) is 0 Å². The van der Waals surface area contributed by atoms with Crippen molar-refractivity contribution in [2.24, 2.45) is 0 Å². The molecule has 2 N–H and O–H groups in total. The zero-order chi connectivity index (χ0) is 16.9. The van der Waals surface area contributed by atoms with Crippen LogP contribution in [0.15, 0.2) is 36.8 Å². The van der Waals surface area contributed by atoms with Crippen molar-refractivity contribution in [2.75, 3.05) is 0 Å². The van der Waals surface area contributed by atoms with Crippen LogP contribution in [-0.4, -0.2) is 37.3 Å². The molecule has 0 spiro atoms. The number of rotatable bonds is 7. The monoisotopic (exact) mass is 316 g/mol. The van der Waals surface area contributed by atoms with Crippen molar-refractivity contribution >= 4 is 11.9 Å². The molecule has 2 aromatic heterocycles. The van der Waals surface area contributed by atoms with E-state index >= 15 is 0 Å². The maximum Gasteiger partial charge on any atom is 0.305 e. The molecule has 0 aromatic carbocycles. The molecule has 2 aromatic rings. The van der Waals surface area contributed by atoms with Gasteiger partial charge in [0.25, 0.3) is 5.91 Å². The molecule has 7 nitrogen and oxygen atoms in total. The van der Waals surface area contributed by atoms with E-state index in [1.165, 1.54) is 6.20 Å². The van der Waals surface area contributed by atoms with Gasteiger partial charge in [-0.25, -0.2) is 4.68 Å². The van der Waals surface area contributed by atoms with E-state index < -0.39 is 11.5 Å². The van der Waals surface area contributed by atoms with E-state index in [1.807, 2.05) is 13.8 Å². The minimum absolute atomic E-state index is 0.120. The Balaban J connectivity index is 2.23. The number of carboxylic acid groups (broad SMARTS) is 1. The van der Waals surface area contributed by atoms with Gasteiger partial charge in [-0.1, -0.05) is 13.8 Å². The molecule has 122 valence electrons. The van der Waals surface area contributed by atoms with Crippen LogP contribution < -0.4 is 5.32 Å². The molecule has 23 heavy (non-hydrogen) atoms. The van der Waals surface area contributed by atoms with Crippen LogP contribution in [0.1, 0.15) is 43.6 Å². The summed E-state index contributed by atoms with van der Waals surface area (Å²) in [7, 11) is 0. The third kappa shape index (κ3) is 3.94. The van der Waals surface area contributed by atoms with Crippen LogP contribution in [0.4, 0.5) is 0 Å². The lowest BCUT2D eigenvalue weighted by Crippen LogP contribution is -2.49. The van der Waals surface area contributed by atoms with E-state index in [2.05, 4.69) is 15.4 Å². The smallest absolute Gasteiger partial charge is 0.305 e. The lowest BCUT2D eigenvalue weighted by molar-refractivity contribution is -0.138. The molecular formula is C16H20N4O3. The number of hydrogen-bond donors (Lipinski definition) is 2. The molecule has 0 radical (unpaired) electrons. The number of carbonyl (C=O) groups excluding carboxylic acids is 1. The topological polar surface area (TPSA) is 97.1 Å². The minimum Gasteiger partial charge on any atom is -0.481 e. The summed E-state index contributed by atoms with van der Waals surface area (Å²) >= 11 is 0. The first-order valence-corrected chi connectivity index (χ1v) is 7.50. The second-order valence-electron chi connectivity index (χ2n) is 5.36. The molecule has 0 atom stereocenters. The van der Waals surface area contributed by atoms with E-state index in [1.54, 1.807) is 35.3 Å². The van der Waals surface area contributed by atoms with E-state index in [4.69, 9.17) is 5.11 Å². The van der Waals surface area contributed by atoms with Gasteiger partial charge in [-0.2, -0.15) is 5.10 Å². The largest absolute Gasteiger partial charge is 0.481 e. The summed E-state index contributed by atoms with van der Waals surface area (Å²) < 4.78 is 1.63. The number of nitrogens with one attached hydrogen (secondary N) is 1. The third-order valence-corrected chi connectivity index (χ3v) is 3.97. The Kier molecular flexibility index (Phi) is 5.10. The van der Waals surface area contributed by atoms with Gasteiger partial charge in [-0.05, 0) is 31.0 Å². The number of carboxylic acids is 1. The van der Waals surface area contributed by atoms with Gasteiger partial charge in [-0.3, -0.25) is 14.6 Å². The van der Waals surface area contributed by atoms with E-state index in [-0.39, 0.29) is 18.0 Å². The fourth-order valence-electron chi connectivity index (χ4n) is 2.42. The Bertz CT molecular complexity index is 678. The molecule has 1 amide bonds. The van der Waals surface area contributed by atoms with Crippen LogP contribution in [0.5, 0.6) is 0 Å². The molecule has 0 aliphatic carbocycles. The predicted molar refractivity (Wildman–Crippen MR) is 84.4 cm³/mol. The standard InChI is InChI=1S/C16H20N4O3/c1-3-16(4-2,11-14(21)22)19-15(23)13-10-12(6-8-17-13)20-9-5-7-18-20/h5-10H,3-4,11H2,1-2H3,(H,19,23)(H,21,22). The Morgan fingerprint density at radius 3 is 2.61 bits per heavy atom. The Labute approximate surface area is 134 Å². The maximum absolute atomic E-state index is 12.5. The predicted octanol–water partition coefficient (Wildman–Crippen LogP) is 2.03. The number of nitrogens with zero attached hydrogens (tertiary/aromatic N) is 3. The molecule has 2 rings (SSSR count). The Morgan fingerprint density at radius 1 is 1.30 bits per heavy atom. The van der Waals surface area contributed by atoms with Gasteiger partial charge < -0.3 is 10.4 Å². The number of hydrogen-bond acceptors (Lipinski definition) is 4. The van der Waals surface area contributed by atoms with Crippen LogP contribution >= 0.6 is 0 Å². The maximum atomic E-state index is 12.5. The number of amides is 1.